The molecule has 0 unspecified atom stereocenters. The fourth-order valence-corrected chi connectivity index (χ4v) is 1.64. The third-order valence-corrected chi connectivity index (χ3v) is 2.57. The molecule has 1 aromatic carbocycles. The molecule has 0 radical (unpaired) electrons. The summed E-state index contributed by atoms with van der Waals surface area (Å²) < 4.78 is 12.7. The van der Waals surface area contributed by atoms with Crippen LogP contribution in [0.2, 0.25) is 0 Å². The van der Waals surface area contributed by atoms with E-state index in [4.69, 9.17) is 5.11 Å². The molecule has 1 amide bonds. The van der Waals surface area contributed by atoms with E-state index in [9.17, 15) is 14.0 Å². The zero-order chi connectivity index (χ0) is 14.5. The molecule has 5 nitrogen and oxygen atoms in total. The number of carbonyl (C=O) groups is 2. The van der Waals surface area contributed by atoms with Crippen LogP contribution < -0.4 is 5.32 Å². The first-order valence-electron chi connectivity index (χ1n) is 5.79. The van der Waals surface area contributed by atoms with Gasteiger partial charge in [0.25, 0.3) is 0 Å². The van der Waals surface area contributed by atoms with E-state index in [1.165, 1.54) is 42.6 Å². The van der Waals surface area contributed by atoms with Gasteiger partial charge >= 0.3 is 5.97 Å². The molecular formula is C14H11FN2O3. The molecular weight excluding hydrogens is 263 g/mol. The number of aromatic carboxylic acids is 1. The number of anilines is 1. The Bertz CT molecular complexity index is 641. The van der Waals surface area contributed by atoms with Crippen molar-refractivity contribution in [3.63, 3.8) is 0 Å². The van der Waals surface area contributed by atoms with E-state index in [2.05, 4.69) is 10.3 Å². The Hall–Kier alpha value is -2.76. The number of carbonyl (C=O) groups excluding carboxylic acids is 1. The van der Waals surface area contributed by atoms with Crippen molar-refractivity contribution in [2.75, 3.05) is 5.32 Å². The van der Waals surface area contributed by atoms with Crippen LogP contribution in [0.15, 0.2) is 42.6 Å². The minimum Gasteiger partial charge on any atom is -0.478 e. The van der Waals surface area contributed by atoms with E-state index in [-0.39, 0.29) is 23.6 Å². The van der Waals surface area contributed by atoms with Gasteiger partial charge in [0.2, 0.25) is 5.91 Å². The number of carboxylic acids is 1. The van der Waals surface area contributed by atoms with Crippen LogP contribution in [0.1, 0.15) is 15.9 Å². The number of hydrogen-bond acceptors (Lipinski definition) is 3. The Morgan fingerprint density at radius 1 is 1.20 bits per heavy atom. The molecule has 0 spiro atoms. The highest BCUT2D eigenvalue weighted by Gasteiger charge is 2.13. The number of halogens is 1. The highest BCUT2D eigenvalue weighted by Crippen LogP contribution is 2.12. The lowest BCUT2D eigenvalue weighted by Crippen LogP contribution is -2.17. The monoisotopic (exact) mass is 274 g/mol. The first-order valence-corrected chi connectivity index (χ1v) is 5.79. The second kappa shape index (κ2) is 5.92. The van der Waals surface area contributed by atoms with Gasteiger partial charge in [-0.05, 0) is 29.8 Å². The van der Waals surface area contributed by atoms with Gasteiger partial charge in [-0.3, -0.25) is 4.79 Å². The Morgan fingerprint density at radius 3 is 2.55 bits per heavy atom. The summed E-state index contributed by atoms with van der Waals surface area (Å²) in [7, 11) is 0. The van der Waals surface area contributed by atoms with Crippen LogP contribution in [0.25, 0.3) is 0 Å². The summed E-state index contributed by atoms with van der Waals surface area (Å²) in [5, 5.41) is 11.4. The number of amides is 1. The number of rotatable bonds is 4. The van der Waals surface area contributed by atoms with Gasteiger partial charge < -0.3 is 10.4 Å². The van der Waals surface area contributed by atoms with Crippen molar-refractivity contribution in [1.82, 2.24) is 4.98 Å². The van der Waals surface area contributed by atoms with Gasteiger partial charge in [0.1, 0.15) is 17.2 Å². The van der Waals surface area contributed by atoms with E-state index < -0.39 is 11.9 Å². The summed E-state index contributed by atoms with van der Waals surface area (Å²) in [4.78, 5) is 26.6. The Balaban J connectivity index is 2.08. The topological polar surface area (TPSA) is 79.3 Å². The first-order chi connectivity index (χ1) is 9.56. The normalized spacial score (nSPS) is 10.1. The van der Waals surface area contributed by atoms with E-state index in [1.54, 1.807) is 0 Å². The molecule has 0 aliphatic rings. The van der Waals surface area contributed by atoms with Crippen LogP contribution in [0.5, 0.6) is 0 Å². The van der Waals surface area contributed by atoms with E-state index in [0.717, 1.165) is 0 Å². The minimum atomic E-state index is -1.17. The summed E-state index contributed by atoms with van der Waals surface area (Å²) in [6, 6.07) is 8.32. The summed E-state index contributed by atoms with van der Waals surface area (Å²) in [6.07, 6.45) is 1.40. The SMILES string of the molecule is O=C(Cc1ccc(F)cc1)Nc1ncccc1C(=O)O. The molecule has 102 valence electrons. The lowest BCUT2D eigenvalue weighted by Gasteiger charge is -2.07. The Labute approximate surface area is 114 Å². The number of aromatic nitrogens is 1. The molecule has 2 rings (SSSR count). The fraction of sp³-hybridized carbons (Fsp3) is 0.0714. The van der Waals surface area contributed by atoms with Crippen molar-refractivity contribution in [2.45, 2.75) is 6.42 Å². The maximum Gasteiger partial charge on any atom is 0.339 e. The fourth-order valence-electron chi connectivity index (χ4n) is 1.64. The molecule has 6 heteroatoms. The summed E-state index contributed by atoms with van der Waals surface area (Å²) in [5.41, 5.74) is 0.539. The van der Waals surface area contributed by atoms with Crippen molar-refractivity contribution in [3.8, 4) is 0 Å². The summed E-state index contributed by atoms with van der Waals surface area (Å²) >= 11 is 0. The van der Waals surface area contributed by atoms with Crippen molar-refractivity contribution < 1.29 is 19.1 Å². The van der Waals surface area contributed by atoms with Gasteiger partial charge in [-0.25, -0.2) is 14.2 Å². The molecule has 2 aromatic rings. The van der Waals surface area contributed by atoms with Gasteiger partial charge in [-0.2, -0.15) is 0 Å². The molecule has 0 saturated carbocycles. The maximum atomic E-state index is 12.7. The van der Waals surface area contributed by atoms with Gasteiger partial charge in [0.15, 0.2) is 0 Å². The Kier molecular flexibility index (Phi) is 4.05. The molecule has 2 N–H and O–H groups in total. The van der Waals surface area contributed by atoms with Gasteiger partial charge in [-0.1, -0.05) is 12.1 Å². The van der Waals surface area contributed by atoms with Gasteiger partial charge in [0.05, 0.1) is 6.42 Å². The second-order valence-electron chi connectivity index (χ2n) is 4.06. The summed E-state index contributed by atoms with van der Waals surface area (Å²) in [6.45, 7) is 0. The summed E-state index contributed by atoms with van der Waals surface area (Å²) in [5.74, 6) is -1.98. The lowest BCUT2D eigenvalue weighted by atomic mass is 10.1. The molecule has 0 bridgehead atoms. The van der Waals surface area contributed by atoms with Gasteiger partial charge in [0, 0.05) is 6.20 Å². The molecule has 0 aliphatic carbocycles. The third kappa shape index (κ3) is 3.38. The van der Waals surface area contributed by atoms with Crippen molar-refractivity contribution in [1.29, 1.82) is 0 Å². The maximum absolute atomic E-state index is 12.7. The number of nitrogens with one attached hydrogen (secondary N) is 1. The predicted molar refractivity (Wildman–Crippen MR) is 69.9 cm³/mol. The van der Waals surface area contributed by atoms with Crippen LogP contribution in [-0.2, 0) is 11.2 Å². The number of carboxylic acid groups (broad SMARTS) is 1. The largest absolute Gasteiger partial charge is 0.478 e. The smallest absolute Gasteiger partial charge is 0.339 e. The van der Waals surface area contributed by atoms with Crippen molar-refractivity contribution in [2.24, 2.45) is 0 Å². The number of benzene rings is 1. The zero-order valence-electron chi connectivity index (χ0n) is 10.3. The van der Waals surface area contributed by atoms with Gasteiger partial charge in [-0.15, -0.1) is 0 Å². The van der Waals surface area contributed by atoms with E-state index >= 15 is 0 Å². The third-order valence-electron chi connectivity index (χ3n) is 2.57. The predicted octanol–water partition coefficient (Wildman–Crippen LogP) is 2.10. The van der Waals surface area contributed by atoms with E-state index in [0.29, 0.717) is 5.56 Å². The average Bonchev–Trinajstić information content (AvgIpc) is 2.41. The minimum absolute atomic E-state index is 0.00730. The van der Waals surface area contributed by atoms with Crippen molar-refractivity contribution >= 4 is 17.7 Å². The quantitative estimate of drug-likeness (QED) is 0.894. The van der Waals surface area contributed by atoms with Crippen LogP contribution in [0.4, 0.5) is 10.2 Å². The molecule has 0 saturated heterocycles. The first kappa shape index (κ1) is 13.7. The molecule has 0 aliphatic heterocycles. The molecule has 0 fully saturated rings. The molecule has 1 heterocycles. The molecule has 0 atom stereocenters. The number of nitrogens with zero attached hydrogens (tertiary/aromatic N) is 1. The van der Waals surface area contributed by atoms with Crippen LogP contribution in [0, 0.1) is 5.82 Å². The highest BCUT2D eigenvalue weighted by molar-refractivity contribution is 5.99. The van der Waals surface area contributed by atoms with Crippen LogP contribution >= 0.6 is 0 Å². The van der Waals surface area contributed by atoms with E-state index in [1.807, 2.05) is 0 Å². The second-order valence-corrected chi connectivity index (χ2v) is 4.06. The molecule has 20 heavy (non-hydrogen) atoms. The highest BCUT2D eigenvalue weighted by atomic mass is 19.1. The average molecular weight is 274 g/mol. The van der Waals surface area contributed by atoms with Crippen LogP contribution in [0.3, 0.4) is 0 Å². The van der Waals surface area contributed by atoms with Crippen molar-refractivity contribution in [3.05, 3.63) is 59.5 Å². The molecule has 1 aromatic heterocycles. The number of pyridine rings is 1. The Morgan fingerprint density at radius 2 is 1.90 bits per heavy atom. The zero-order valence-corrected chi connectivity index (χ0v) is 10.3. The standard InChI is InChI=1S/C14H11FN2O3/c15-10-5-3-9(4-6-10)8-12(18)17-13-11(14(19)20)2-1-7-16-13/h1-7H,8H2,(H,19,20)(H,16,17,18). The number of hydrogen-bond donors (Lipinski definition) is 2. The lowest BCUT2D eigenvalue weighted by molar-refractivity contribution is -0.115. The van der Waals surface area contributed by atoms with Crippen LogP contribution in [-0.4, -0.2) is 22.0 Å².